The Morgan fingerprint density at radius 2 is 0.585 bits per heavy atom. The van der Waals surface area contributed by atoms with E-state index in [0.717, 1.165) is 179 Å². The van der Waals surface area contributed by atoms with Gasteiger partial charge in [0.15, 0.2) is 17.5 Å². The Balaban J connectivity index is 0.620. The van der Waals surface area contributed by atoms with Crippen molar-refractivity contribution in [1.29, 1.82) is 0 Å². The summed E-state index contributed by atoms with van der Waals surface area (Å²) in [4.78, 5) is 42.1. The van der Waals surface area contributed by atoms with Gasteiger partial charge < -0.3 is 14.4 Å². The molecule has 0 radical (unpaired) electrons. The minimum atomic E-state index is -0.329. The molecule has 612 valence electrons. The Kier molecular flexibility index (Phi) is 20.1. The van der Waals surface area contributed by atoms with Gasteiger partial charge in [-0.05, 0) is 230 Å². The van der Waals surface area contributed by atoms with Crippen LogP contribution in [0.4, 0.5) is 68.8 Å². The second-order valence-electron chi connectivity index (χ2n) is 32.6. The number of hydrogen-bond donors (Lipinski definition) is 0. The monoisotopic (exact) mass is 1660 g/mol. The van der Waals surface area contributed by atoms with Crippen LogP contribution in [0, 0.1) is 0 Å². The molecule has 0 N–H and O–H groups in total. The van der Waals surface area contributed by atoms with Gasteiger partial charge >= 0.3 is 0 Å². The fraction of sp³-hybridized carbons (Fsp3) is 0.00840. The molecule has 0 amide bonds. The van der Waals surface area contributed by atoms with E-state index in [4.69, 9.17) is 29.9 Å². The molecular formula is C119H81N11. The van der Waals surface area contributed by atoms with E-state index in [9.17, 15) is 0 Å². The lowest BCUT2D eigenvalue weighted by Gasteiger charge is -2.31. The van der Waals surface area contributed by atoms with Crippen molar-refractivity contribution in [2.24, 2.45) is 0 Å². The molecule has 0 saturated heterocycles. The Morgan fingerprint density at radius 3 is 1.17 bits per heavy atom. The van der Waals surface area contributed by atoms with Crippen molar-refractivity contribution in [3.63, 3.8) is 0 Å². The van der Waals surface area contributed by atoms with Crippen molar-refractivity contribution >= 4 is 101 Å². The van der Waals surface area contributed by atoms with Crippen LogP contribution in [-0.4, -0.2) is 34.5 Å². The van der Waals surface area contributed by atoms with Crippen molar-refractivity contribution in [2.45, 2.75) is 5.92 Å². The Bertz CT molecular complexity index is 7720. The van der Waals surface area contributed by atoms with E-state index in [2.05, 4.69) is 449 Å². The van der Waals surface area contributed by atoms with Crippen molar-refractivity contribution in [1.82, 2.24) is 34.5 Å². The summed E-state index contributed by atoms with van der Waals surface area (Å²) in [5.41, 5.74) is 28.8. The SMILES string of the molecule is c1ccc(-c2cccc(N(c3ccccc3)c3cc(-c4ccc5c(c4)-c4ccccc4C5c4nc(-c5ccccc5)nc(-c5ccc(-c6ccc7c(N(c8ccccc8)c8nc(-c9ccc%10c(c9)c9ccccc9n%10-c9ccccc9)nc(N(c9ccccc9)c9ccccc9)n8)cccc7c6)cc5)n4)cc(N(c4ccccc4)c4cccc(-c5ccccc5)c4)c3)c2)cc1. The molecule has 0 aliphatic heterocycles. The highest BCUT2D eigenvalue weighted by molar-refractivity contribution is 6.11. The van der Waals surface area contributed by atoms with Crippen molar-refractivity contribution in [2.75, 3.05) is 19.6 Å². The fourth-order valence-electron chi connectivity index (χ4n) is 18.6. The quantitative estimate of drug-likeness (QED) is 0.0692. The van der Waals surface area contributed by atoms with Gasteiger partial charge in [0.2, 0.25) is 11.9 Å². The van der Waals surface area contributed by atoms with Gasteiger partial charge in [0.05, 0.1) is 22.6 Å². The zero-order valence-electron chi connectivity index (χ0n) is 70.7. The third-order valence-electron chi connectivity index (χ3n) is 24.6. The van der Waals surface area contributed by atoms with E-state index in [-0.39, 0.29) is 5.92 Å². The van der Waals surface area contributed by atoms with Gasteiger partial charge in [-0.3, -0.25) is 9.80 Å². The number of fused-ring (bicyclic) bond motifs is 7. The molecule has 1 atom stereocenters. The van der Waals surface area contributed by atoms with Gasteiger partial charge in [0.25, 0.3) is 0 Å². The van der Waals surface area contributed by atoms with Crippen LogP contribution in [-0.2, 0) is 0 Å². The maximum absolute atomic E-state index is 5.58. The van der Waals surface area contributed by atoms with Crippen LogP contribution in [0.1, 0.15) is 22.9 Å². The summed E-state index contributed by atoms with van der Waals surface area (Å²) in [5, 5.41) is 4.26. The Labute approximate surface area is 754 Å². The standard InChI is InChI=1S/C119H81N11/c1-10-35-81(36-11-1)86-41-32-56-99(74-86)126(93-44-16-4-17-45-93)101-76-92(77-102(80-101)127(94-46-18-5-19-47-94)100-57-33-42-87(75-100)82-37-12-2-13-38-82)89-68-71-107-108(78-89)104-58-28-29-60-106(104)113(107)117-121-114(84-39-14-3-15-40-84)120-115(122-117)85-65-63-83(64-66-85)88-67-70-103-90(73-88)43-34-62-110(103)130(98-54-26-9-27-55-98)119-124-116(123-118(125-119)128(95-48-20-6-21-49-95)96-50-22-7-23-51-96)91-69-72-112-109(79-91)105-59-30-31-61-111(105)129(112)97-52-24-8-25-53-97/h1-80,113H. The summed E-state index contributed by atoms with van der Waals surface area (Å²) >= 11 is 0. The Morgan fingerprint density at radius 1 is 0.192 bits per heavy atom. The predicted octanol–water partition coefficient (Wildman–Crippen LogP) is 31.0. The lowest BCUT2D eigenvalue weighted by atomic mass is 9.93. The van der Waals surface area contributed by atoms with Crippen LogP contribution < -0.4 is 19.6 Å². The zero-order valence-corrected chi connectivity index (χ0v) is 70.7. The smallest absolute Gasteiger partial charge is 0.240 e. The number of para-hydroxylation sites is 7. The molecule has 3 heterocycles. The average molecular weight is 1670 g/mol. The van der Waals surface area contributed by atoms with E-state index in [1.165, 1.54) is 0 Å². The van der Waals surface area contributed by atoms with Crippen LogP contribution in [0.25, 0.3) is 128 Å². The van der Waals surface area contributed by atoms with Crippen molar-refractivity contribution < 1.29 is 0 Å². The number of benzene rings is 19. The highest BCUT2D eigenvalue weighted by Gasteiger charge is 2.35. The van der Waals surface area contributed by atoms with E-state index >= 15 is 0 Å². The van der Waals surface area contributed by atoms with Gasteiger partial charge in [-0.15, -0.1) is 0 Å². The van der Waals surface area contributed by atoms with Gasteiger partial charge in [-0.1, -0.05) is 328 Å². The van der Waals surface area contributed by atoms with E-state index < -0.39 is 0 Å². The minimum absolute atomic E-state index is 0.329. The Hall–Kier alpha value is -17.5. The molecule has 23 rings (SSSR count). The minimum Gasteiger partial charge on any atom is -0.310 e. The summed E-state index contributed by atoms with van der Waals surface area (Å²) < 4.78 is 2.33. The summed E-state index contributed by atoms with van der Waals surface area (Å²) in [6.45, 7) is 0. The third-order valence-corrected chi connectivity index (χ3v) is 24.6. The zero-order chi connectivity index (χ0) is 86.2. The molecule has 0 saturated carbocycles. The molecule has 11 heteroatoms. The second kappa shape index (κ2) is 33.8. The van der Waals surface area contributed by atoms with Gasteiger partial charge in [0.1, 0.15) is 5.82 Å². The third kappa shape index (κ3) is 14.8. The lowest BCUT2D eigenvalue weighted by molar-refractivity contribution is 0.856. The van der Waals surface area contributed by atoms with Crippen LogP contribution in [0.3, 0.4) is 0 Å². The average Bonchev–Trinajstić information content (AvgIpc) is 1.56. The molecule has 1 aliphatic carbocycles. The molecule has 0 fully saturated rings. The van der Waals surface area contributed by atoms with Crippen LogP contribution in [0.2, 0.25) is 0 Å². The lowest BCUT2D eigenvalue weighted by Crippen LogP contribution is -2.19. The van der Waals surface area contributed by atoms with E-state index in [1.54, 1.807) is 0 Å². The first-order valence-corrected chi connectivity index (χ1v) is 43.9. The maximum atomic E-state index is 5.58. The van der Waals surface area contributed by atoms with Crippen molar-refractivity contribution in [3.05, 3.63) is 502 Å². The van der Waals surface area contributed by atoms with Crippen LogP contribution in [0.15, 0.2) is 485 Å². The topological polar surface area (TPSA) is 95.2 Å². The first kappa shape index (κ1) is 77.3. The molecular weight excluding hydrogens is 1580 g/mol. The summed E-state index contributed by atoms with van der Waals surface area (Å²) in [7, 11) is 0. The molecule has 1 aliphatic rings. The highest BCUT2D eigenvalue weighted by Crippen LogP contribution is 2.52. The summed E-state index contributed by atoms with van der Waals surface area (Å²) in [6, 6.07) is 172. The largest absolute Gasteiger partial charge is 0.310 e. The number of rotatable bonds is 21. The molecule has 19 aromatic carbocycles. The summed E-state index contributed by atoms with van der Waals surface area (Å²) in [6.07, 6.45) is 0. The van der Waals surface area contributed by atoms with Crippen LogP contribution in [0.5, 0.6) is 0 Å². The fourth-order valence-corrected chi connectivity index (χ4v) is 18.6. The molecule has 130 heavy (non-hydrogen) atoms. The number of hydrogen-bond acceptors (Lipinski definition) is 10. The van der Waals surface area contributed by atoms with Crippen LogP contribution >= 0.6 is 0 Å². The molecule has 22 aromatic rings. The predicted molar refractivity (Wildman–Crippen MR) is 535 cm³/mol. The first-order chi connectivity index (χ1) is 64.4. The van der Waals surface area contributed by atoms with Crippen molar-refractivity contribution in [3.8, 4) is 95.5 Å². The molecule has 11 nitrogen and oxygen atoms in total. The van der Waals surface area contributed by atoms with Gasteiger partial charge in [0, 0.05) is 89.7 Å². The molecule has 0 bridgehead atoms. The van der Waals surface area contributed by atoms with Gasteiger partial charge in [-0.2, -0.15) is 15.0 Å². The highest BCUT2D eigenvalue weighted by atomic mass is 15.4. The second-order valence-corrected chi connectivity index (χ2v) is 32.6. The maximum Gasteiger partial charge on any atom is 0.240 e. The number of anilines is 12. The first-order valence-electron chi connectivity index (χ1n) is 43.9. The van der Waals surface area contributed by atoms with E-state index in [1.807, 2.05) is 60.7 Å². The number of aromatic nitrogens is 7. The van der Waals surface area contributed by atoms with Gasteiger partial charge in [-0.25, -0.2) is 15.0 Å². The number of nitrogens with zero attached hydrogens (tertiary/aromatic N) is 11. The summed E-state index contributed by atoms with van der Waals surface area (Å²) in [5.74, 6) is 2.94. The molecule has 0 spiro atoms. The normalized spacial score (nSPS) is 12.1. The molecule has 3 aromatic heterocycles. The van der Waals surface area contributed by atoms with E-state index in [0.29, 0.717) is 35.2 Å². The molecule has 1 unspecified atom stereocenters.